The number of aryl methyl sites for hydroxylation is 1. The third-order valence-corrected chi connectivity index (χ3v) is 3.20. The largest absolute Gasteiger partial charge is 0.384 e. The van der Waals surface area contributed by atoms with Crippen LogP contribution in [0.1, 0.15) is 16.4 Å². The number of nitrogen functional groups attached to an aromatic ring is 1. The molecule has 2 aromatic rings. The molecule has 0 aliphatic heterocycles. The molecule has 2 N–H and O–H groups in total. The van der Waals surface area contributed by atoms with Crippen molar-refractivity contribution in [2.24, 2.45) is 0 Å². The summed E-state index contributed by atoms with van der Waals surface area (Å²) in [6, 6.07) is 5.98. The minimum atomic E-state index is 0.539. The first-order chi connectivity index (χ1) is 8.13. The van der Waals surface area contributed by atoms with Crippen LogP contribution in [0.25, 0.3) is 0 Å². The van der Waals surface area contributed by atoms with Crippen molar-refractivity contribution >= 4 is 17.2 Å². The summed E-state index contributed by atoms with van der Waals surface area (Å²) in [5.74, 6) is 1.32. The zero-order valence-corrected chi connectivity index (χ0v) is 10.9. The van der Waals surface area contributed by atoms with Crippen molar-refractivity contribution < 1.29 is 0 Å². The summed E-state index contributed by atoms with van der Waals surface area (Å²) >= 11 is 1.76. The third-order valence-electron chi connectivity index (χ3n) is 2.34. The van der Waals surface area contributed by atoms with Gasteiger partial charge >= 0.3 is 0 Å². The Morgan fingerprint density at radius 3 is 2.82 bits per heavy atom. The molecule has 0 atom stereocenters. The maximum Gasteiger partial charge on any atom is 0.144 e. The standard InChI is InChI=1S/C12H16N4S/c1-9-6-11(13)15-12(14-9)8-16(2)7-10-4-3-5-17-10/h3-6H,7-8H2,1-2H3,(H2,13,14,15). The molecule has 0 saturated heterocycles. The Labute approximate surface area is 105 Å². The molecular weight excluding hydrogens is 232 g/mol. The van der Waals surface area contributed by atoms with Gasteiger partial charge in [0.15, 0.2) is 0 Å². The molecule has 0 unspecified atom stereocenters. The van der Waals surface area contributed by atoms with Crippen molar-refractivity contribution in [3.05, 3.63) is 40.0 Å². The molecule has 2 aromatic heterocycles. The van der Waals surface area contributed by atoms with E-state index in [2.05, 4.69) is 39.4 Å². The fourth-order valence-electron chi connectivity index (χ4n) is 1.69. The number of nitrogens with two attached hydrogens (primary N) is 1. The summed E-state index contributed by atoms with van der Waals surface area (Å²) in [4.78, 5) is 12.1. The van der Waals surface area contributed by atoms with E-state index in [1.807, 2.05) is 6.92 Å². The van der Waals surface area contributed by atoms with Crippen molar-refractivity contribution in [1.29, 1.82) is 0 Å². The van der Waals surface area contributed by atoms with Gasteiger partial charge in [0.2, 0.25) is 0 Å². The third kappa shape index (κ3) is 3.51. The highest BCUT2D eigenvalue weighted by molar-refractivity contribution is 7.09. The molecule has 4 nitrogen and oxygen atoms in total. The number of rotatable bonds is 4. The monoisotopic (exact) mass is 248 g/mol. The number of aromatic nitrogens is 2. The lowest BCUT2D eigenvalue weighted by Gasteiger charge is -2.14. The van der Waals surface area contributed by atoms with E-state index in [-0.39, 0.29) is 0 Å². The van der Waals surface area contributed by atoms with Crippen LogP contribution >= 0.6 is 11.3 Å². The fourth-order valence-corrected chi connectivity index (χ4v) is 2.48. The minimum Gasteiger partial charge on any atom is -0.384 e. The lowest BCUT2D eigenvalue weighted by molar-refractivity contribution is 0.313. The Morgan fingerprint density at radius 2 is 2.18 bits per heavy atom. The van der Waals surface area contributed by atoms with Crippen LogP contribution in [-0.2, 0) is 13.1 Å². The van der Waals surface area contributed by atoms with Crippen LogP contribution in [0.3, 0.4) is 0 Å². The summed E-state index contributed by atoms with van der Waals surface area (Å²) < 4.78 is 0. The van der Waals surface area contributed by atoms with Gasteiger partial charge in [-0.2, -0.15) is 0 Å². The van der Waals surface area contributed by atoms with Crippen LogP contribution in [-0.4, -0.2) is 21.9 Å². The molecule has 0 saturated carbocycles. The smallest absolute Gasteiger partial charge is 0.144 e. The fraction of sp³-hybridized carbons (Fsp3) is 0.333. The van der Waals surface area contributed by atoms with Gasteiger partial charge in [0.1, 0.15) is 11.6 Å². The number of hydrogen-bond acceptors (Lipinski definition) is 5. The second-order valence-electron chi connectivity index (χ2n) is 4.10. The number of hydrogen-bond donors (Lipinski definition) is 1. The average molecular weight is 248 g/mol. The number of nitrogens with zero attached hydrogens (tertiary/aromatic N) is 3. The van der Waals surface area contributed by atoms with Gasteiger partial charge in [0.05, 0.1) is 6.54 Å². The Morgan fingerprint density at radius 1 is 1.35 bits per heavy atom. The molecule has 0 spiro atoms. The summed E-state index contributed by atoms with van der Waals surface area (Å²) in [5.41, 5.74) is 6.62. The van der Waals surface area contributed by atoms with Gasteiger partial charge < -0.3 is 5.73 Å². The molecule has 2 heterocycles. The molecule has 2 rings (SSSR count). The maximum atomic E-state index is 5.70. The van der Waals surface area contributed by atoms with Crippen molar-refractivity contribution in [3.63, 3.8) is 0 Å². The zero-order valence-electron chi connectivity index (χ0n) is 10.1. The molecular formula is C12H16N4S. The van der Waals surface area contributed by atoms with Gasteiger partial charge in [-0.25, -0.2) is 9.97 Å². The first-order valence-electron chi connectivity index (χ1n) is 5.44. The lowest BCUT2D eigenvalue weighted by Crippen LogP contribution is -2.19. The highest BCUT2D eigenvalue weighted by atomic mass is 32.1. The normalized spacial score (nSPS) is 11.0. The Balaban J connectivity index is 2.00. The van der Waals surface area contributed by atoms with Crippen molar-refractivity contribution in [1.82, 2.24) is 14.9 Å². The van der Waals surface area contributed by atoms with Gasteiger partial charge in [0, 0.05) is 23.2 Å². The highest BCUT2D eigenvalue weighted by Crippen LogP contribution is 2.12. The molecule has 17 heavy (non-hydrogen) atoms. The van der Waals surface area contributed by atoms with Gasteiger partial charge in [0.25, 0.3) is 0 Å². The lowest BCUT2D eigenvalue weighted by atomic mass is 10.4. The highest BCUT2D eigenvalue weighted by Gasteiger charge is 2.06. The van der Waals surface area contributed by atoms with Crippen LogP contribution in [0.2, 0.25) is 0 Å². The molecule has 5 heteroatoms. The topological polar surface area (TPSA) is 55.0 Å². The summed E-state index contributed by atoms with van der Waals surface area (Å²) in [7, 11) is 2.06. The van der Waals surface area contributed by atoms with Crippen LogP contribution in [0.5, 0.6) is 0 Å². The zero-order chi connectivity index (χ0) is 12.3. The van der Waals surface area contributed by atoms with Crippen molar-refractivity contribution in [2.75, 3.05) is 12.8 Å². The van der Waals surface area contributed by atoms with Crippen LogP contribution in [0, 0.1) is 6.92 Å². The van der Waals surface area contributed by atoms with Gasteiger partial charge in [-0.15, -0.1) is 11.3 Å². The summed E-state index contributed by atoms with van der Waals surface area (Å²) in [5, 5.41) is 2.09. The first kappa shape index (κ1) is 12.0. The number of anilines is 1. The minimum absolute atomic E-state index is 0.539. The quantitative estimate of drug-likeness (QED) is 0.900. The molecule has 0 aliphatic carbocycles. The number of thiophene rings is 1. The summed E-state index contributed by atoms with van der Waals surface area (Å²) in [6.45, 7) is 3.56. The van der Waals surface area contributed by atoms with Crippen LogP contribution in [0.4, 0.5) is 5.82 Å². The van der Waals surface area contributed by atoms with E-state index in [0.717, 1.165) is 18.1 Å². The molecule has 90 valence electrons. The van der Waals surface area contributed by atoms with E-state index >= 15 is 0 Å². The molecule has 0 fully saturated rings. The maximum absolute atomic E-state index is 5.70. The Hall–Kier alpha value is -1.46. The van der Waals surface area contributed by atoms with Crippen LogP contribution in [0.15, 0.2) is 23.6 Å². The molecule has 0 aliphatic rings. The van der Waals surface area contributed by atoms with Gasteiger partial charge in [-0.3, -0.25) is 4.90 Å². The molecule has 0 amide bonds. The predicted molar refractivity (Wildman–Crippen MR) is 70.7 cm³/mol. The van der Waals surface area contributed by atoms with Gasteiger partial charge in [-0.05, 0) is 25.4 Å². The second-order valence-corrected chi connectivity index (χ2v) is 5.13. The van der Waals surface area contributed by atoms with E-state index in [1.165, 1.54) is 4.88 Å². The summed E-state index contributed by atoms with van der Waals surface area (Å²) in [6.07, 6.45) is 0. The predicted octanol–water partition coefficient (Wildman–Crippen LogP) is 2.06. The van der Waals surface area contributed by atoms with E-state index in [1.54, 1.807) is 17.4 Å². The van der Waals surface area contributed by atoms with Crippen molar-refractivity contribution in [2.45, 2.75) is 20.0 Å². The van der Waals surface area contributed by atoms with E-state index in [0.29, 0.717) is 12.4 Å². The Kier molecular flexibility index (Phi) is 3.71. The van der Waals surface area contributed by atoms with Crippen LogP contribution < -0.4 is 5.73 Å². The molecule has 0 radical (unpaired) electrons. The van der Waals surface area contributed by atoms with Gasteiger partial charge in [-0.1, -0.05) is 6.07 Å². The first-order valence-corrected chi connectivity index (χ1v) is 6.32. The second kappa shape index (κ2) is 5.25. The van der Waals surface area contributed by atoms with Crippen molar-refractivity contribution in [3.8, 4) is 0 Å². The Bertz CT molecular complexity index is 461. The van der Waals surface area contributed by atoms with E-state index in [4.69, 9.17) is 5.73 Å². The van der Waals surface area contributed by atoms with E-state index in [9.17, 15) is 0 Å². The molecule has 0 aromatic carbocycles. The van der Waals surface area contributed by atoms with E-state index < -0.39 is 0 Å². The molecule has 0 bridgehead atoms. The SMILES string of the molecule is Cc1cc(N)nc(CN(C)Cc2cccs2)n1. The average Bonchev–Trinajstić information content (AvgIpc) is 2.67.